The van der Waals surface area contributed by atoms with Crippen molar-refractivity contribution in [3.05, 3.63) is 95.2 Å². The number of nitrogens with two attached hydrogens (primary N) is 3. The average Bonchev–Trinajstić information content (AvgIpc) is 3.93. The van der Waals surface area contributed by atoms with E-state index in [0.717, 1.165) is 56.4 Å². The number of aromatic nitrogens is 12. The molecule has 0 atom stereocenters. The van der Waals surface area contributed by atoms with E-state index in [-0.39, 0.29) is 23.4 Å². The van der Waals surface area contributed by atoms with Gasteiger partial charge in [-0.25, -0.2) is 39.7 Å². The number of anilines is 4. The van der Waals surface area contributed by atoms with E-state index < -0.39 is 0 Å². The Morgan fingerprint density at radius 2 is 1.24 bits per heavy atom. The van der Waals surface area contributed by atoms with E-state index in [4.69, 9.17) is 17.2 Å². The molecule has 0 radical (unpaired) electrons. The molecule has 7 aromatic heterocycles. The first-order chi connectivity index (χ1) is 30.9. The van der Waals surface area contributed by atoms with E-state index in [1.54, 1.807) is 44.4 Å². The smallest absolute Gasteiger partial charge is 0.349 e. The molecule has 0 saturated carbocycles. The van der Waals surface area contributed by atoms with E-state index in [1.807, 2.05) is 101 Å². The van der Waals surface area contributed by atoms with Gasteiger partial charge in [0.05, 0.1) is 24.0 Å². The molecule has 0 saturated heterocycles. The van der Waals surface area contributed by atoms with Crippen molar-refractivity contribution in [2.24, 2.45) is 34.1 Å². The Hall–Kier alpha value is -7.38. The van der Waals surface area contributed by atoms with Crippen molar-refractivity contribution in [3.63, 3.8) is 0 Å². The first-order valence-corrected chi connectivity index (χ1v) is 21.7. The van der Waals surface area contributed by atoms with Gasteiger partial charge in [-0.3, -0.25) is 4.79 Å². The Bertz CT molecular complexity index is 2880. The minimum atomic E-state index is -0.308. The zero-order chi connectivity index (χ0) is 49.3. The van der Waals surface area contributed by atoms with Crippen LogP contribution < -0.4 is 33.5 Å². The third-order valence-corrected chi connectivity index (χ3v) is 10.2. The molecule has 1 aliphatic heterocycles. The zero-order valence-electron chi connectivity index (χ0n) is 41.1. The molecule has 0 unspecified atom stereocenters. The lowest BCUT2D eigenvalue weighted by Crippen LogP contribution is -2.37. The number of aryl methyl sites for hydroxylation is 4. The average molecular weight is 905 g/mol. The first-order valence-electron chi connectivity index (χ1n) is 21.7. The van der Waals surface area contributed by atoms with Crippen molar-refractivity contribution in [2.45, 2.75) is 93.0 Å². The monoisotopic (exact) mass is 905 g/mol. The molecule has 8 heterocycles. The number of nitrogens with zero attached hydrogens (tertiary/aromatic N) is 13. The van der Waals surface area contributed by atoms with Crippen LogP contribution in [0.5, 0.6) is 0 Å². The lowest BCUT2D eigenvalue weighted by Gasteiger charge is -2.26. The number of fused-ring (bicyclic) bond motifs is 3. The maximum atomic E-state index is 11.3. The minimum absolute atomic E-state index is 0.0342. The summed E-state index contributed by atoms with van der Waals surface area (Å²) in [5.74, 6) is 4.38. The fourth-order valence-electron chi connectivity index (χ4n) is 6.46. The van der Waals surface area contributed by atoms with Crippen LogP contribution in [-0.2, 0) is 33.0 Å². The third kappa shape index (κ3) is 12.4. The molecule has 1 aliphatic rings. The molecule has 66 heavy (non-hydrogen) atoms. The van der Waals surface area contributed by atoms with Crippen LogP contribution in [0.4, 0.5) is 23.0 Å². The van der Waals surface area contributed by atoms with Gasteiger partial charge in [0.25, 0.3) is 5.91 Å². The summed E-state index contributed by atoms with van der Waals surface area (Å²) in [6.07, 6.45) is 10.5. The summed E-state index contributed by atoms with van der Waals surface area (Å²) in [6, 6.07) is 4.14. The van der Waals surface area contributed by atoms with Gasteiger partial charge >= 0.3 is 5.69 Å². The summed E-state index contributed by atoms with van der Waals surface area (Å²) < 4.78 is 7.20. The van der Waals surface area contributed by atoms with Crippen molar-refractivity contribution in [1.82, 2.24) is 68.4 Å². The third-order valence-electron chi connectivity index (χ3n) is 10.2. The molecule has 8 rings (SSSR count). The van der Waals surface area contributed by atoms with Gasteiger partial charge in [0.2, 0.25) is 0 Å². The number of imidazole rings is 3. The van der Waals surface area contributed by atoms with Crippen molar-refractivity contribution in [3.8, 4) is 0 Å². The number of carbonyl (C=O) groups excluding carboxylic acids is 1. The summed E-state index contributed by atoms with van der Waals surface area (Å²) in [4.78, 5) is 57.9. The normalized spacial score (nSPS) is 12.4. The molecule has 0 spiro atoms. The fraction of sp³-hybridized carbons (Fsp3) is 0.435. The van der Waals surface area contributed by atoms with Crippen molar-refractivity contribution >= 4 is 62.4 Å². The van der Waals surface area contributed by atoms with Crippen molar-refractivity contribution in [1.29, 1.82) is 0 Å². The largest absolute Gasteiger partial charge is 0.397 e. The lowest BCUT2D eigenvalue weighted by atomic mass is 10.0. The van der Waals surface area contributed by atoms with Gasteiger partial charge in [-0.05, 0) is 37.8 Å². The Kier molecular flexibility index (Phi) is 17.1. The highest BCUT2D eigenvalue weighted by Crippen LogP contribution is 2.24. The number of nitrogen functional groups attached to an aromatic ring is 3. The van der Waals surface area contributed by atoms with Gasteiger partial charge < -0.3 is 51.0 Å². The number of hydrogen-bond acceptors (Lipinski definition) is 15. The van der Waals surface area contributed by atoms with Gasteiger partial charge in [-0.1, -0.05) is 62.0 Å². The number of pyridine rings is 2. The first kappa shape index (κ1) is 51.3. The van der Waals surface area contributed by atoms with Crippen LogP contribution in [0.1, 0.15) is 104 Å². The Labute approximate surface area is 386 Å². The highest BCUT2D eigenvalue weighted by Gasteiger charge is 2.20. The van der Waals surface area contributed by atoms with Gasteiger partial charge in [0, 0.05) is 89.0 Å². The summed E-state index contributed by atoms with van der Waals surface area (Å²) in [6.45, 7) is 24.2. The van der Waals surface area contributed by atoms with Crippen LogP contribution >= 0.6 is 0 Å². The topological polar surface area (TPSA) is 262 Å². The van der Waals surface area contributed by atoms with Crippen molar-refractivity contribution < 1.29 is 4.79 Å². The molecule has 1 amide bonds. The molecule has 0 bridgehead atoms. The van der Waals surface area contributed by atoms with Crippen LogP contribution in [0.2, 0.25) is 0 Å². The molecular weight excluding hydrogens is 837 g/mol. The van der Waals surface area contributed by atoms with Gasteiger partial charge in [-0.2, -0.15) is 4.98 Å². The molecule has 354 valence electrons. The predicted molar refractivity (Wildman–Crippen MR) is 265 cm³/mol. The highest BCUT2D eigenvalue weighted by molar-refractivity contribution is 5.95. The van der Waals surface area contributed by atoms with Crippen molar-refractivity contribution in [2.75, 3.05) is 29.6 Å². The number of nitrogens with one attached hydrogen (secondary N) is 2. The van der Waals surface area contributed by atoms with Crippen LogP contribution in [0.3, 0.4) is 0 Å². The molecule has 0 aromatic carbocycles. The maximum absolute atomic E-state index is 11.3. The van der Waals surface area contributed by atoms with E-state index in [0.29, 0.717) is 46.5 Å². The second-order valence-corrected chi connectivity index (χ2v) is 17.5. The molecule has 20 heteroatoms. The maximum Gasteiger partial charge on any atom is 0.349 e. The summed E-state index contributed by atoms with van der Waals surface area (Å²) in [5, 5.41) is 6.03. The number of amides is 1. The quantitative estimate of drug-likeness (QED) is 0.127. The molecule has 8 N–H and O–H groups in total. The lowest BCUT2D eigenvalue weighted by molar-refractivity contribution is -0.118. The van der Waals surface area contributed by atoms with E-state index >= 15 is 0 Å². The number of carbonyl (C=O) groups is 1. The number of hydrogen-bond donors (Lipinski definition) is 5. The molecular formula is C46H68N18O2. The Morgan fingerprint density at radius 3 is 1.82 bits per heavy atom. The van der Waals surface area contributed by atoms with Gasteiger partial charge in [0.15, 0.2) is 22.8 Å². The van der Waals surface area contributed by atoms with E-state index in [9.17, 15) is 9.59 Å². The molecule has 0 fully saturated rings. The number of rotatable bonds is 6. The van der Waals surface area contributed by atoms with Crippen LogP contribution in [0, 0.1) is 5.92 Å². The minimum Gasteiger partial charge on any atom is -0.397 e. The van der Waals surface area contributed by atoms with Gasteiger partial charge in [0.1, 0.15) is 39.8 Å². The van der Waals surface area contributed by atoms with E-state index in [1.165, 1.54) is 4.57 Å². The molecule has 0 aliphatic carbocycles. The highest BCUT2D eigenvalue weighted by atomic mass is 16.2. The van der Waals surface area contributed by atoms with Gasteiger partial charge in [-0.15, -0.1) is 0 Å². The zero-order valence-corrected chi connectivity index (χ0v) is 41.1. The molecule has 7 aromatic rings. The predicted octanol–water partition coefficient (Wildman–Crippen LogP) is 6.08. The standard InChI is InChI=1S/2C10H14N4.C9H13N5.C9H14N2O.C8H13N3O/c1-7(2)13-8-4-5-11-10-9(8)12-6-14(10)3;1-6(2)9-13-8-7(11)4-5-12-10(8)14(9)3;1-5(2)8-12-7(10)6-9(13-8)14(3)4-11-6;1-6(2)8-5-11(4)7(3)10-9(8)12;1-5(2)6-4-11(3)8(12)10-7(6)9/h4-7H,1-3H3,(H,11,13);4-6H,1-3H3,(H2,11,12);4-5H,1-3H3,(H2,10,12,13);5-6H,3H2,1-2,4H3,(H,10,12);4-5H,1-3H3,(H2,9,10,12). The van der Waals surface area contributed by atoms with Crippen LogP contribution in [0.15, 0.2) is 72.3 Å². The van der Waals surface area contributed by atoms with Crippen LogP contribution in [0.25, 0.3) is 33.5 Å². The Morgan fingerprint density at radius 1 is 0.636 bits per heavy atom. The summed E-state index contributed by atoms with van der Waals surface area (Å²) >= 11 is 0. The fourth-order valence-corrected chi connectivity index (χ4v) is 6.46. The second kappa shape index (κ2) is 22.0. The summed E-state index contributed by atoms with van der Waals surface area (Å²) in [5.41, 5.74) is 25.3. The molecule has 20 nitrogen and oxygen atoms in total. The van der Waals surface area contributed by atoms with E-state index in [2.05, 4.69) is 84.8 Å². The second-order valence-electron chi connectivity index (χ2n) is 17.5. The summed E-state index contributed by atoms with van der Waals surface area (Å²) in [7, 11) is 9.34. The Balaban J connectivity index is 0.000000181. The SMILES string of the molecule is C=C1NC(=O)C(C(C)C)=CN1C.CC(C)Nc1ccnc2c1ncn2C.CC(C)c1cn(C)c(=O)nc1N.CC(C)c1nc(N)c2ncn(C)c2n1.CC(C)c1nc2c(N)ccnc2n1C. The van der Waals surface area contributed by atoms with Crippen LogP contribution in [-0.4, -0.2) is 82.0 Å².